The number of aromatic hydroxyl groups is 1. The number of nitrogens with one attached hydrogen (secondary N) is 1. The number of phenols is 1. The molecule has 2 N–H and O–H groups in total. The molecule has 0 radical (unpaired) electrons. The first-order valence-electron chi connectivity index (χ1n) is 17.0. The number of halogens is 3. The third-order valence-electron chi connectivity index (χ3n) is 10.8. The van der Waals surface area contributed by atoms with Gasteiger partial charge >= 0.3 is 6.01 Å². The van der Waals surface area contributed by atoms with Gasteiger partial charge in [-0.3, -0.25) is 14.7 Å². The van der Waals surface area contributed by atoms with Gasteiger partial charge in [0, 0.05) is 44.2 Å². The molecule has 5 aliphatic rings. The van der Waals surface area contributed by atoms with Gasteiger partial charge in [0.2, 0.25) is 5.91 Å². The zero-order chi connectivity index (χ0) is 33.2. The molecule has 0 aliphatic carbocycles. The number of carbonyl (C=O) groups is 1. The normalized spacial score (nSPS) is 26.3. The van der Waals surface area contributed by atoms with Crippen molar-refractivity contribution in [2.75, 3.05) is 37.7 Å². The number of amides is 1. The number of benzene rings is 2. The molecule has 12 heteroatoms. The van der Waals surface area contributed by atoms with Gasteiger partial charge in [0.1, 0.15) is 41.4 Å². The van der Waals surface area contributed by atoms with E-state index in [0.717, 1.165) is 32.2 Å². The molecule has 6 bridgehead atoms. The molecule has 4 aromatic rings. The van der Waals surface area contributed by atoms with E-state index in [4.69, 9.17) is 9.72 Å². The number of phenolic OH excluding ortho intramolecular Hbond substituents is 1. The summed E-state index contributed by atoms with van der Waals surface area (Å²) in [5, 5.41) is 15.3. The summed E-state index contributed by atoms with van der Waals surface area (Å²) in [7, 11) is 0. The molecule has 0 spiro atoms. The number of aryl methyl sites for hydroxylation is 1. The minimum atomic E-state index is -0.933. The summed E-state index contributed by atoms with van der Waals surface area (Å²) in [5.74, 6) is -0.951. The molecule has 9 nitrogen and oxygen atoms in total. The smallest absolute Gasteiger partial charge is 0.319 e. The van der Waals surface area contributed by atoms with Gasteiger partial charge in [-0.2, -0.15) is 9.97 Å². The monoisotopic (exact) mass is 660 g/mol. The fourth-order valence-electron chi connectivity index (χ4n) is 8.60. The Labute approximate surface area is 276 Å². The number of hydrogen-bond donors (Lipinski definition) is 2. The predicted molar refractivity (Wildman–Crippen MR) is 176 cm³/mol. The van der Waals surface area contributed by atoms with Crippen LogP contribution in [0.1, 0.15) is 63.9 Å². The van der Waals surface area contributed by atoms with Crippen LogP contribution in [-0.4, -0.2) is 80.9 Å². The lowest BCUT2D eigenvalue weighted by Gasteiger charge is -2.42. The Kier molecular flexibility index (Phi) is 7.61. The van der Waals surface area contributed by atoms with Gasteiger partial charge in [-0.05, 0) is 92.9 Å². The van der Waals surface area contributed by atoms with Gasteiger partial charge in [0.05, 0.1) is 16.5 Å². The van der Waals surface area contributed by atoms with Crippen LogP contribution in [0.15, 0.2) is 30.5 Å². The average Bonchev–Trinajstić information content (AvgIpc) is 3.57. The van der Waals surface area contributed by atoms with Crippen LogP contribution >= 0.6 is 0 Å². The third-order valence-corrected chi connectivity index (χ3v) is 10.8. The number of nitrogens with zero attached hydrogens (tertiary/aromatic N) is 5. The van der Waals surface area contributed by atoms with E-state index < -0.39 is 28.9 Å². The molecule has 252 valence electrons. The van der Waals surface area contributed by atoms with Crippen LogP contribution in [0.5, 0.6) is 11.8 Å². The van der Waals surface area contributed by atoms with E-state index in [9.17, 15) is 14.3 Å². The number of hydrogen-bond acceptors (Lipinski definition) is 8. The molecule has 0 unspecified atom stereocenters. The fraction of sp³-hybridized carbons (Fsp3) is 0.500. The Hall–Kier alpha value is -4.19. The van der Waals surface area contributed by atoms with Gasteiger partial charge in [-0.1, -0.05) is 6.07 Å². The number of ether oxygens (including phenoxy) is 1. The van der Waals surface area contributed by atoms with Crippen molar-refractivity contribution < 1.29 is 27.8 Å². The molecular formula is C36H39F3N6O3. The number of alkyl halides is 1. The molecule has 0 saturated carbocycles. The lowest BCUT2D eigenvalue weighted by molar-refractivity contribution is -0.123. The SMILES string of the molecule is C[C@@]12CCCN(C1)c1nc(OC[C@@]34CCCN3C[C@H](F)C4)nc3c(F)c(ncc13)-c1cc(O)cc3ccc(F)c(c13)CCCCC(=O)N2. The first kappa shape index (κ1) is 31.1. The maximum atomic E-state index is 17.0. The van der Waals surface area contributed by atoms with Gasteiger partial charge in [0.25, 0.3) is 0 Å². The number of piperidine rings is 1. The maximum absolute atomic E-state index is 17.0. The van der Waals surface area contributed by atoms with Crippen molar-refractivity contribution in [1.29, 1.82) is 0 Å². The van der Waals surface area contributed by atoms with Crippen LogP contribution in [-0.2, 0) is 11.2 Å². The molecule has 48 heavy (non-hydrogen) atoms. The second-order valence-electron chi connectivity index (χ2n) is 14.3. The van der Waals surface area contributed by atoms with Crippen molar-refractivity contribution in [2.24, 2.45) is 0 Å². The minimum absolute atomic E-state index is 0.0226. The van der Waals surface area contributed by atoms with E-state index in [1.807, 2.05) is 11.8 Å². The molecule has 3 fully saturated rings. The van der Waals surface area contributed by atoms with Crippen LogP contribution in [0, 0.1) is 11.6 Å². The van der Waals surface area contributed by atoms with Crippen LogP contribution in [0.2, 0.25) is 0 Å². The second kappa shape index (κ2) is 11.7. The predicted octanol–water partition coefficient (Wildman–Crippen LogP) is 5.99. The van der Waals surface area contributed by atoms with E-state index >= 15 is 8.78 Å². The number of anilines is 1. The highest BCUT2D eigenvalue weighted by Gasteiger charge is 2.49. The Morgan fingerprint density at radius 3 is 2.79 bits per heavy atom. The van der Waals surface area contributed by atoms with Crippen molar-refractivity contribution in [1.82, 2.24) is 25.2 Å². The molecule has 7 heterocycles. The van der Waals surface area contributed by atoms with Crippen LogP contribution in [0.4, 0.5) is 19.0 Å². The third kappa shape index (κ3) is 5.38. The Balaban J connectivity index is 1.31. The first-order chi connectivity index (χ1) is 23.1. The van der Waals surface area contributed by atoms with Gasteiger partial charge in [-0.15, -0.1) is 0 Å². The summed E-state index contributed by atoms with van der Waals surface area (Å²) in [4.78, 5) is 31.3. The number of rotatable bonds is 3. The zero-order valence-electron chi connectivity index (χ0n) is 27.0. The van der Waals surface area contributed by atoms with E-state index in [0.29, 0.717) is 72.9 Å². The molecule has 5 aliphatic heterocycles. The van der Waals surface area contributed by atoms with E-state index in [1.165, 1.54) is 24.4 Å². The van der Waals surface area contributed by atoms with Gasteiger partial charge < -0.3 is 20.1 Å². The lowest BCUT2D eigenvalue weighted by Crippen LogP contribution is -2.57. The van der Waals surface area contributed by atoms with Crippen LogP contribution < -0.4 is 15.0 Å². The highest BCUT2D eigenvalue weighted by Crippen LogP contribution is 2.42. The van der Waals surface area contributed by atoms with Crippen LogP contribution in [0.25, 0.3) is 32.9 Å². The van der Waals surface area contributed by atoms with E-state index in [-0.39, 0.29) is 47.5 Å². The Bertz CT molecular complexity index is 1940. The van der Waals surface area contributed by atoms with Crippen molar-refractivity contribution >= 4 is 33.4 Å². The Morgan fingerprint density at radius 1 is 1.08 bits per heavy atom. The van der Waals surface area contributed by atoms with Gasteiger partial charge in [-0.25, -0.2) is 13.2 Å². The molecule has 3 atom stereocenters. The molecule has 9 rings (SSSR count). The molecule has 2 aromatic heterocycles. The highest BCUT2D eigenvalue weighted by molar-refractivity contribution is 6.01. The maximum Gasteiger partial charge on any atom is 0.319 e. The number of fused-ring (bicyclic) bond motifs is 7. The average molecular weight is 661 g/mol. The number of carbonyl (C=O) groups excluding carboxylic acids is 1. The van der Waals surface area contributed by atoms with E-state index in [1.54, 1.807) is 6.07 Å². The summed E-state index contributed by atoms with van der Waals surface area (Å²) in [5.41, 5.74) is -0.506. The summed E-state index contributed by atoms with van der Waals surface area (Å²) in [6.07, 6.45) is 5.90. The summed E-state index contributed by atoms with van der Waals surface area (Å²) < 4.78 is 53.3. The number of pyridine rings is 1. The van der Waals surface area contributed by atoms with E-state index in [2.05, 4.69) is 20.2 Å². The van der Waals surface area contributed by atoms with Crippen molar-refractivity contribution in [3.63, 3.8) is 0 Å². The molecule has 2 aromatic carbocycles. The van der Waals surface area contributed by atoms with Crippen molar-refractivity contribution in [2.45, 2.75) is 82.0 Å². The quantitative estimate of drug-likeness (QED) is 0.277. The fourth-order valence-corrected chi connectivity index (χ4v) is 8.60. The second-order valence-corrected chi connectivity index (χ2v) is 14.3. The molecule has 3 saturated heterocycles. The summed E-state index contributed by atoms with van der Waals surface area (Å²) in [6, 6.07) is 5.80. The molecular weight excluding hydrogens is 621 g/mol. The van der Waals surface area contributed by atoms with Gasteiger partial charge in [0.15, 0.2) is 5.82 Å². The zero-order valence-corrected chi connectivity index (χ0v) is 27.0. The van der Waals surface area contributed by atoms with Crippen molar-refractivity contribution in [3.8, 4) is 23.0 Å². The Morgan fingerprint density at radius 2 is 1.92 bits per heavy atom. The minimum Gasteiger partial charge on any atom is -0.508 e. The summed E-state index contributed by atoms with van der Waals surface area (Å²) in [6.45, 7) is 4.39. The number of aromatic nitrogens is 3. The van der Waals surface area contributed by atoms with Crippen LogP contribution in [0.3, 0.4) is 0 Å². The largest absolute Gasteiger partial charge is 0.508 e. The summed E-state index contributed by atoms with van der Waals surface area (Å²) >= 11 is 0. The first-order valence-corrected chi connectivity index (χ1v) is 17.0. The topological polar surface area (TPSA) is 104 Å². The lowest BCUT2D eigenvalue weighted by atomic mass is 9.90. The van der Waals surface area contributed by atoms with Crippen molar-refractivity contribution in [3.05, 3.63) is 47.7 Å². The standard InChI is InChI=1S/C36H39F3N6O3/c1-35-10-4-12-44(19-35)33-26-17-40-31(30(39)32(26)41-34(42-33)48-20-36-11-5-13-45(36)18-22(37)16-36)25-15-23(46)14-21-8-9-27(38)24(29(21)25)6-2-3-7-28(47)43-35/h8-9,14-15,17,22,46H,2-7,10-13,16,18-20H2,1H3,(H,43,47)/t22-,35-,36+/m1/s1. The molecule has 1 amide bonds. The highest BCUT2D eigenvalue weighted by atomic mass is 19.1.